The fraction of sp³-hybridized carbons (Fsp3) is 0.250. The van der Waals surface area contributed by atoms with Gasteiger partial charge in [0, 0.05) is 5.69 Å². The number of methoxy groups -OCH3 is 1. The Kier molecular flexibility index (Phi) is 4.35. The first-order valence-electron chi connectivity index (χ1n) is 6.47. The van der Waals surface area contributed by atoms with Gasteiger partial charge in [-0.1, -0.05) is 24.3 Å². The quantitative estimate of drug-likeness (QED) is 0.802. The molecule has 4 heteroatoms. The van der Waals surface area contributed by atoms with Crippen LogP contribution in [0.4, 0.5) is 0 Å². The smallest absolute Gasteiger partial charge is 0.309 e. The van der Waals surface area contributed by atoms with E-state index in [0.29, 0.717) is 0 Å². The lowest BCUT2D eigenvalue weighted by Gasteiger charge is -2.05. The minimum atomic E-state index is -0.240. The molecule has 0 N–H and O–H groups in total. The zero-order valence-electron chi connectivity index (χ0n) is 12.0. The Balaban J connectivity index is 2.20. The van der Waals surface area contributed by atoms with Crippen molar-refractivity contribution >= 4 is 12.0 Å². The van der Waals surface area contributed by atoms with Crippen molar-refractivity contribution in [2.45, 2.75) is 20.3 Å². The van der Waals surface area contributed by atoms with E-state index in [0.717, 1.165) is 22.6 Å². The van der Waals surface area contributed by atoms with E-state index in [4.69, 9.17) is 0 Å². The van der Waals surface area contributed by atoms with Crippen molar-refractivity contribution in [1.29, 1.82) is 0 Å². The molecule has 104 valence electrons. The number of aryl methyl sites for hydroxylation is 2. The lowest BCUT2D eigenvalue weighted by molar-refractivity contribution is -0.139. The first-order chi connectivity index (χ1) is 9.60. The lowest BCUT2D eigenvalue weighted by Crippen LogP contribution is -1.99. The number of carbonyl (C=O) groups is 1. The van der Waals surface area contributed by atoms with Gasteiger partial charge in [-0.25, -0.2) is 4.68 Å². The van der Waals surface area contributed by atoms with E-state index in [1.807, 2.05) is 54.9 Å². The van der Waals surface area contributed by atoms with Crippen molar-refractivity contribution in [2.24, 2.45) is 0 Å². The molecule has 0 amide bonds. The molecule has 0 saturated heterocycles. The van der Waals surface area contributed by atoms with E-state index >= 15 is 0 Å². The van der Waals surface area contributed by atoms with Gasteiger partial charge in [0.15, 0.2) is 0 Å². The van der Waals surface area contributed by atoms with Crippen molar-refractivity contribution in [3.05, 3.63) is 53.4 Å². The SMILES string of the molecule is COC(=O)CC=Cc1cccc(-n2nc(C)cc2C)c1. The van der Waals surface area contributed by atoms with Crippen LogP contribution < -0.4 is 0 Å². The molecule has 1 aromatic carbocycles. The Morgan fingerprint density at radius 3 is 2.80 bits per heavy atom. The topological polar surface area (TPSA) is 44.1 Å². The molecule has 0 atom stereocenters. The number of carbonyl (C=O) groups excluding carboxylic acids is 1. The summed E-state index contributed by atoms with van der Waals surface area (Å²) >= 11 is 0. The van der Waals surface area contributed by atoms with Gasteiger partial charge in [-0.05, 0) is 37.6 Å². The van der Waals surface area contributed by atoms with Gasteiger partial charge in [0.25, 0.3) is 0 Å². The summed E-state index contributed by atoms with van der Waals surface area (Å²) in [5.41, 5.74) is 4.13. The maximum absolute atomic E-state index is 11.1. The summed E-state index contributed by atoms with van der Waals surface area (Å²) in [6.45, 7) is 4.00. The average molecular weight is 270 g/mol. The molecule has 0 aliphatic heterocycles. The van der Waals surface area contributed by atoms with Gasteiger partial charge in [-0.15, -0.1) is 0 Å². The fourth-order valence-electron chi connectivity index (χ4n) is 2.03. The van der Waals surface area contributed by atoms with Crippen LogP contribution in [0.15, 0.2) is 36.4 Å². The third kappa shape index (κ3) is 3.35. The second kappa shape index (κ2) is 6.19. The van der Waals surface area contributed by atoms with E-state index in [1.54, 1.807) is 6.08 Å². The molecule has 2 rings (SSSR count). The third-order valence-electron chi connectivity index (χ3n) is 2.95. The standard InChI is InChI=1S/C16H18N2O2/c1-12-10-13(2)18(17-12)15-8-4-6-14(11-15)7-5-9-16(19)20-3/h4-8,10-11H,9H2,1-3H3. The van der Waals surface area contributed by atoms with Crippen LogP contribution in [0.3, 0.4) is 0 Å². The zero-order chi connectivity index (χ0) is 14.5. The highest BCUT2D eigenvalue weighted by atomic mass is 16.5. The largest absolute Gasteiger partial charge is 0.469 e. The predicted molar refractivity (Wildman–Crippen MR) is 78.7 cm³/mol. The summed E-state index contributed by atoms with van der Waals surface area (Å²) in [6, 6.07) is 10.1. The van der Waals surface area contributed by atoms with E-state index in [1.165, 1.54) is 7.11 Å². The number of hydrogen-bond acceptors (Lipinski definition) is 3. The van der Waals surface area contributed by atoms with E-state index in [-0.39, 0.29) is 12.4 Å². The number of esters is 1. The molecular weight excluding hydrogens is 252 g/mol. The number of hydrogen-bond donors (Lipinski definition) is 0. The molecule has 0 aliphatic carbocycles. The predicted octanol–water partition coefficient (Wildman–Crippen LogP) is 3.07. The van der Waals surface area contributed by atoms with Crippen LogP contribution in [0, 0.1) is 13.8 Å². The van der Waals surface area contributed by atoms with Gasteiger partial charge in [0.2, 0.25) is 0 Å². The monoisotopic (exact) mass is 270 g/mol. The average Bonchev–Trinajstić information content (AvgIpc) is 2.78. The molecule has 4 nitrogen and oxygen atoms in total. The second-order valence-corrected chi connectivity index (χ2v) is 4.62. The zero-order valence-corrected chi connectivity index (χ0v) is 12.0. The molecule has 0 fully saturated rings. The Morgan fingerprint density at radius 2 is 2.15 bits per heavy atom. The van der Waals surface area contributed by atoms with Gasteiger partial charge in [-0.3, -0.25) is 4.79 Å². The highest BCUT2D eigenvalue weighted by Gasteiger charge is 2.03. The van der Waals surface area contributed by atoms with Crippen LogP contribution in [0.1, 0.15) is 23.4 Å². The van der Waals surface area contributed by atoms with E-state index < -0.39 is 0 Å². The van der Waals surface area contributed by atoms with Crippen molar-refractivity contribution in [3.63, 3.8) is 0 Å². The number of nitrogens with zero attached hydrogens (tertiary/aromatic N) is 2. The van der Waals surface area contributed by atoms with E-state index in [2.05, 4.69) is 9.84 Å². The fourth-order valence-corrected chi connectivity index (χ4v) is 2.03. The molecule has 1 heterocycles. The minimum Gasteiger partial charge on any atom is -0.469 e. The Labute approximate surface area is 118 Å². The number of benzene rings is 1. The highest BCUT2D eigenvalue weighted by Crippen LogP contribution is 2.14. The van der Waals surface area contributed by atoms with Gasteiger partial charge in [-0.2, -0.15) is 5.10 Å². The first-order valence-corrected chi connectivity index (χ1v) is 6.47. The summed E-state index contributed by atoms with van der Waals surface area (Å²) in [7, 11) is 1.39. The Bertz CT molecular complexity index is 642. The maximum atomic E-state index is 11.1. The molecule has 0 unspecified atom stereocenters. The van der Waals surface area contributed by atoms with E-state index in [9.17, 15) is 4.79 Å². The lowest BCUT2D eigenvalue weighted by atomic mass is 10.1. The highest BCUT2D eigenvalue weighted by molar-refractivity contribution is 5.72. The minimum absolute atomic E-state index is 0.240. The number of aromatic nitrogens is 2. The van der Waals surface area contributed by atoms with Gasteiger partial charge in [0.1, 0.15) is 0 Å². The van der Waals surface area contributed by atoms with Crippen molar-refractivity contribution in [3.8, 4) is 5.69 Å². The Hall–Kier alpha value is -2.36. The first kappa shape index (κ1) is 14.1. The Morgan fingerprint density at radius 1 is 1.35 bits per heavy atom. The summed E-state index contributed by atoms with van der Waals surface area (Å²) in [6.07, 6.45) is 3.99. The summed E-state index contributed by atoms with van der Waals surface area (Å²) in [4.78, 5) is 11.1. The number of rotatable bonds is 4. The molecule has 2 aromatic rings. The van der Waals surface area contributed by atoms with Crippen LogP contribution in [-0.4, -0.2) is 22.9 Å². The molecular formula is C16H18N2O2. The van der Waals surface area contributed by atoms with Crippen molar-refractivity contribution < 1.29 is 9.53 Å². The van der Waals surface area contributed by atoms with Gasteiger partial charge in [0.05, 0.1) is 24.9 Å². The van der Waals surface area contributed by atoms with Gasteiger partial charge >= 0.3 is 5.97 Å². The normalized spacial score (nSPS) is 10.9. The molecule has 0 bridgehead atoms. The molecule has 0 radical (unpaired) electrons. The summed E-state index contributed by atoms with van der Waals surface area (Å²) in [5.74, 6) is -0.240. The molecule has 1 aromatic heterocycles. The van der Waals surface area contributed by atoms with Crippen LogP contribution in [-0.2, 0) is 9.53 Å². The molecule has 20 heavy (non-hydrogen) atoms. The molecule has 0 saturated carbocycles. The van der Waals surface area contributed by atoms with Crippen molar-refractivity contribution in [1.82, 2.24) is 9.78 Å². The molecule has 0 aliphatic rings. The third-order valence-corrected chi connectivity index (χ3v) is 2.95. The number of ether oxygens (including phenoxy) is 1. The van der Waals surface area contributed by atoms with Crippen LogP contribution >= 0.6 is 0 Å². The van der Waals surface area contributed by atoms with Crippen LogP contribution in [0.25, 0.3) is 11.8 Å². The van der Waals surface area contributed by atoms with Crippen molar-refractivity contribution in [2.75, 3.05) is 7.11 Å². The summed E-state index contributed by atoms with van der Waals surface area (Å²) in [5, 5.41) is 4.46. The van der Waals surface area contributed by atoms with Crippen LogP contribution in [0.5, 0.6) is 0 Å². The molecule has 0 spiro atoms. The maximum Gasteiger partial charge on any atom is 0.309 e. The van der Waals surface area contributed by atoms with Gasteiger partial charge < -0.3 is 4.74 Å². The van der Waals surface area contributed by atoms with Crippen LogP contribution in [0.2, 0.25) is 0 Å². The second-order valence-electron chi connectivity index (χ2n) is 4.62. The summed E-state index contributed by atoms with van der Waals surface area (Å²) < 4.78 is 6.51.